The van der Waals surface area contributed by atoms with Gasteiger partial charge < -0.3 is 15.4 Å². The molecule has 2 amide bonds. The molecule has 0 saturated carbocycles. The summed E-state index contributed by atoms with van der Waals surface area (Å²) in [4.78, 5) is 33.3. The van der Waals surface area contributed by atoms with Crippen molar-refractivity contribution in [2.75, 3.05) is 5.32 Å². The molecular weight excluding hydrogens is 284 g/mol. The lowest BCUT2D eigenvalue weighted by atomic mass is 10.2. The first-order chi connectivity index (χ1) is 9.54. The molecule has 4 N–H and O–H groups in total. The fourth-order valence-electron chi connectivity index (χ4n) is 1.46. The molecule has 106 valence electrons. The second kappa shape index (κ2) is 6.10. The fourth-order valence-corrected chi connectivity index (χ4v) is 2.03. The number of nitrogens with one attached hydrogen (secondary N) is 3. The molecule has 0 radical (unpaired) electrons. The summed E-state index contributed by atoms with van der Waals surface area (Å²) in [5.74, 6) is -0.597. The van der Waals surface area contributed by atoms with Crippen molar-refractivity contribution < 1.29 is 14.7 Å². The number of carboxylic acids is 1. The average molecular weight is 296 g/mol. The number of anilines is 1. The Hall–Kier alpha value is -2.49. The maximum atomic E-state index is 11.7. The molecule has 0 bridgehead atoms. The zero-order chi connectivity index (χ0) is 14.5. The summed E-state index contributed by atoms with van der Waals surface area (Å²) < 4.78 is 3.90. The molecule has 2 rings (SSSR count). The lowest BCUT2D eigenvalue weighted by Gasteiger charge is -2.13. The number of aromatic nitrogens is 4. The van der Waals surface area contributed by atoms with Crippen LogP contribution >= 0.6 is 11.5 Å². The van der Waals surface area contributed by atoms with E-state index in [0.29, 0.717) is 16.6 Å². The van der Waals surface area contributed by atoms with Gasteiger partial charge in [0.05, 0.1) is 6.33 Å². The van der Waals surface area contributed by atoms with Gasteiger partial charge in [0.25, 0.3) is 0 Å². The van der Waals surface area contributed by atoms with Gasteiger partial charge in [-0.2, -0.15) is 4.37 Å². The van der Waals surface area contributed by atoms with Crippen LogP contribution in [0.5, 0.6) is 0 Å². The number of rotatable bonds is 5. The average Bonchev–Trinajstić information content (AvgIpc) is 3.00. The minimum Gasteiger partial charge on any atom is -0.480 e. The Labute approximate surface area is 117 Å². The summed E-state index contributed by atoms with van der Waals surface area (Å²) in [5, 5.41) is 14.2. The standard InChI is InChI=1S/C10H12N6O3S/c1-5-13-10(20-16-5)15-9(19)14-7(8(17)18)2-6-3-11-4-12-6/h3-4,7H,2H2,1H3,(H,11,12)(H,17,18)(H2,13,14,15,16,19)/t7-/m0/s1. The van der Waals surface area contributed by atoms with Gasteiger partial charge in [-0.3, -0.25) is 5.32 Å². The summed E-state index contributed by atoms with van der Waals surface area (Å²) >= 11 is 1.02. The van der Waals surface area contributed by atoms with Gasteiger partial charge >= 0.3 is 12.0 Å². The first-order valence-electron chi connectivity index (χ1n) is 5.62. The Bertz CT molecular complexity index is 596. The van der Waals surface area contributed by atoms with Crippen molar-refractivity contribution in [1.29, 1.82) is 0 Å². The minimum atomic E-state index is -1.14. The van der Waals surface area contributed by atoms with Crippen LogP contribution in [0.2, 0.25) is 0 Å². The molecule has 0 spiro atoms. The summed E-state index contributed by atoms with van der Waals surface area (Å²) in [6.45, 7) is 1.69. The Kier molecular flexibility index (Phi) is 4.25. The highest BCUT2D eigenvalue weighted by Crippen LogP contribution is 2.09. The van der Waals surface area contributed by atoms with E-state index in [2.05, 4.69) is 30.0 Å². The third-order valence-corrected chi connectivity index (χ3v) is 3.05. The van der Waals surface area contributed by atoms with Crippen molar-refractivity contribution in [2.45, 2.75) is 19.4 Å². The number of aromatic amines is 1. The molecule has 0 aliphatic heterocycles. The van der Waals surface area contributed by atoms with Gasteiger partial charge in [-0.15, -0.1) is 0 Å². The first kappa shape index (κ1) is 13.9. The number of H-pyrrole nitrogens is 1. The number of nitrogens with zero attached hydrogens (tertiary/aromatic N) is 3. The number of hydrogen-bond donors (Lipinski definition) is 4. The molecular formula is C10H12N6O3S. The topological polar surface area (TPSA) is 133 Å². The monoisotopic (exact) mass is 296 g/mol. The maximum Gasteiger partial charge on any atom is 0.326 e. The van der Waals surface area contributed by atoms with E-state index in [9.17, 15) is 9.59 Å². The predicted octanol–water partition coefficient (Wildman–Crippen LogP) is 0.387. The van der Waals surface area contributed by atoms with Crippen LogP contribution in [0.15, 0.2) is 12.5 Å². The molecule has 2 aromatic rings. The predicted molar refractivity (Wildman–Crippen MR) is 70.5 cm³/mol. The second-order valence-corrected chi connectivity index (χ2v) is 4.67. The van der Waals surface area contributed by atoms with E-state index >= 15 is 0 Å². The molecule has 0 fully saturated rings. The van der Waals surface area contributed by atoms with Crippen LogP contribution in [-0.2, 0) is 11.2 Å². The number of carbonyl (C=O) groups excluding carboxylic acids is 1. The highest BCUT2D eigenvalue weighted by molar-refractivity contribution is 7.09. The van der Waals surface area contributed by atoms with E-state index in [1.165, 1.54) is 12.5 Å². The zero-order valence-corrected chi connectivity index (χ0v) is 11.3. The van der Waals surface area contributed by atoms with Gasteiger partial charge in [0, 0.05) is 29.8 Å². The lowest BCUT2D eigenvalue weighted by molar-refractivity contribution is -0.139. The molecule has 0 aliphatic rings. The van der Waals surface area contributed by atoms with Gasteiger partial charge in [0.2, 0.25) is 5.13 Å². The Morgan fingerprint density at radius 1 is 1.55 bits per heavy atom. The summed E-state index contributed by atoms with van der Waals surface area (Å²) in [7, 11) is 0. The van der Waals surface area contributed by atoms with Crippen molar-refractivity contribution >= 4 is 28.7 Å². The summed E-state index contributed by atoms with van der Waals surface area (Å²) in [6, 6.07) is -1.71. The molecule has 9 nitrogen and oxygen atoms in total. The number of urea groups is 1. The minimum absolute atomic E-state index is 0.109. The van der Waals surface area contributed by atoms with E-state index in [1.807, 2.05) is 0 Å². The van der Waals surface area contributed by atoms with E-state index in [-0.39, 0.29) is 6.42 Å². The van der Waals surface area contributed by atoms with E-state index in [1.54, 1.807) is 6.92 Å². The van der Waals surface area contributed by atoms with E-state index in [4.69, 9.17) is 5.11 Å². The van der Waals surface area contributed by atoms with Crippen LogP contribution in [0, 0.1) is 6.92 Å². The number of aliphatic carboxylic acids is 1. The zero-order valence-electron chi connectivity index (χ0n) is 10.5. The Balaban J connectivity index is 1.94. The highest BCUT2D eigenvalue weighted by Gasteiger charge is 2.21. The third-order valence-electron chi connectivity index (χ3n) is 2.33. The molecule has 0 unspecified atom stereocenters. The van der Waals surface area contributed by atoms with Crippen molar-refractivity contribution in [3.05, 3.63) is 24.0 Å². The molecule has 2 heterocycles. The van der Waals surface area contributed by atoms with Crippen LogP contribution in [-0.4, -0.2) is 42.5 Å². The van der Waals surface area contributed by atoms with Crippen LogP contribution in [0.25, 0.3) is 0 Å². The van der Waals surface area contributed by atoms with Gasteiger partial charge in [-0.1, -0.05) is 0 Å². The number of aryl methyl sites for hydroxylation is 1. The maximum absolute atomic E-state index is 11.7. The van der Waals surface area contributed by atoms with Crippen molar-refractivity contribution in [3.8, 4) is 0 Å². The molecule has 20 heavy (non-hydrogen) atoms. The van der Waals surface area contributed by atoms with Crippen molar-refractivity contribution in [2.24, 2.45) is 0 Å². The smallest absolute Gasteiger partial charge is 0.326 e. The van der Waals surface area contributed by atoms with Gasteiger partial charge in [0.15, 0.2) is 0 Å². The molecule has 1 atom stereocenters. The first-order valence-corrected chi connectivity index (χ1v) is 6.40. The van der Waals surface area contributed by atoms with Gasteiger partial charge in [-0.05, 0) is 6.92 Å². The molecule has 2 aromatic heterocycles. The number of amides is 2. The summed E-state index contributed by atoms with van der Waals surface area (Å²) in [5.41, 5.74) is 0.615. The quantitative estimate of drug-likeness (QED) is 0.630. The molecule has 0 saturated heterocycles. The van der Waals surface area contributed by atoms with Crippen molar-refractivity contribution in [3.63, 3.8) is 0 Å². The van der Waals surface area contributed by atoms with Crippen LogP contribution in [0.4, 0.5) is 9.93 Å². The molecule has 0 aromatic carbocycles. The van der Waals surface area contributed by atoms with Gasteiger partial charge in [-0.25, -0.2) is 19.6 Å². The lowest BCUT2D eigenvalue weighted by Crippen LogP contribution is -2.44. The normalized spacial score (nSPS) is 11.8. The van der Waals surface area contributed by atoms with Crippen LogP contribution in [0.3, 0.4) is 0 Å². The summed E-state index contributed by atoms with van der Waals surface area (Å²) in [6.07, 6.45) is 3.06. The highest BCUT2D eigenvalue weighted by atomic mass is 32.1. The van der Waals surface area contributed by atoms with Gasteiger partial charge in [0.1, 0.15) is 11.9 Å². The fraction of sp³-hybridized carbons (Fsp3) is 0.300. The second-order valence-electron chi connectivity index (χ2n) is 3.92. The largest absolute Gasteiger partial charge is 0.480 e. The van der Waals surface area contributed by atoms with Crippen LogP contribution < -0.4 is 10.6 Å². The molecule has 10 heteroatoms. The SMILES string of the molecule is Cc1nsc(NC(=O)N[C@@H](Cc2cnc[nH]2)C(=O)O)n1. The van der Waals surface area contributed by atoms with E-state index < -0.39 is 18.0 Å². The van der Waals surface area contributed by atoms with E-state index in [0.717, 1.165) is 11.5 Å². The third kappa shape index (κ3) is 3.75. The number of carbonyl (C=O) groups is 2. The number of carboxylic acid groups (broad SMARTS) is 1. The Morgan fingerprint density at radius 3 is 2.90 bits per heavy atom. The number of imidazole rings is 1. The Morgan fingerprint density at radius 2 is 2.35 bits per heavy atom. The van der Waals surface area contributed by atoms with Crippen LogP contribution in [0.1, 0.15) is 11.5 Å². The molecule has 0 aliphatic carbocycles. The van der Waals surface area contributed by atoms with Crippen molar-refractivity contribution in [1.82, 2.24) is 24.6 Å². The number of hydrogen-bond acceptors (Lipinski definition) is 6.